The normalized spacial score (nSPS) is 15.4. The van der Waals surface area contributed by atoms with Crippen LogP contribution in [0.4, 0.5) is 0 Å². The van der Waals surface area contributed by atoms with Gasteiger partial charge in [0.1, 0.15) is 0 Å². The van der Waals surface area contributed by atoms with E-state index in [0.717, 1.165) is 18.4 Å². The molecule has 0 saturated carbocycles. The number of amides is 1. The van der Waals surface area contributed by atoms with Crippen LogP contribution < -0.4 is 5.56 Å². The van der Waals surface area contributed by atoms with Crippen molar-refractivity contribution in [3.63, 3.8) is 0 Å². The predicted molar refractivity (Wildman–Crippen MR) is 109 cm³/mol. The Morgan fingerprint density at radius 2 is 1.82 bits per heavy atom. The van der Waals surface area contributed by atoms with Crippen molar-refractivity contribution in [2.24, 2.45) is 0 Å². The Hall–Kier alpha value is -2.45. The molecule has 0 atom stereocenters. The second-order valence-corrected chi connectivity index (χ2v) is 8.82. The van der Waals surface area contributed by atoms with E-state index in [2.05, 4.69) is 11.6 Å². The molecule has 8 heteroatoms. The molecular weight excluding hydrogens is 378 g/mol. The molecule has 7 nitrogen and oxygen atoms in total. The molecule has 28 heavy (non-hydrogen) atoms. The quantitative estimate of drug-likeness (QED) is 0.776. The third-order valence-electron chi connectivity index (χ3n) is 5.15. The zero-order valence-electron chi connectivity index (χ0n) is 16.2. The Kier molecular flexibility index (Phi) is 5.71. The van der Waals surface area contributed by atoms with Crippen molar-refractivity contribution in [2.75, 3.05) is 26.2 Å². The van der Waals surface area contributed by atoms with Gasteiger partial charge in [-0.2, -0.15) is 4.31 Å². The molecular formula is C20H25N3O4S. The fraction of sp³-hybridized carbons (Fsp3) is 0.400. The number of fused-ring (bicyclic) bond motifs is 1. The van der Waals surface area contributed by atoms with Crippen LogP contribution in [-0.4, -0.2) is 54.7 Å². The molecule has 1 aliphatic heterocycles. The van der Waals surface area contributed by atoms with E-state index in [1.54, 1.807) is 24.8 Å². The van der Waals surface area contributed by atoms with Crippen molar-refractivity contribution in [1.29, 1.82) is 0 Å². The van der Waals surface area contributed by atoms with E-state index in [1.807, 2.05) is 0 Å². The van der Waals surface area contributed by atoms with Crippen LogP contribution in [0, 0.1) is 0 Å². The number of rotatable bonds is 5. The summed E-state index contributed by atoms with van der Waals surface area (Å²) in [7, 11) is -3.67. The van der Waals surface area contributed by atoms with E-state index < -0.39 is 15.6 Å². The van der Waals surface area contributed by atoms with E-state index >= 15 is 0 Å². The lowest BCUT2D eigenvalue weighted by Gasteiger charge is -2.28. The first-order valence-electron chi connectivity index (χ1n) is 9.41. The van der Waals surface area contributed by atoms with E-state index in [4.69, 9.17) is 0 Å². The van der Waals surface area contributed by atoms with Gasteiger partial charge in [0.25, 0.3) is 5.91 Å². The number of H-pyrrole nitrogens is 1. The number of carbonyl (C=O) groups is 1. The molecule has 1 fully saturated rings. The fourth-order valence-electron chi connectivity index (χ4n) is 3.48. The number of nitrogens with one attached hydrogen (secondary N) is 1. The van der Waals surface area contributed by atoms with Gasteiger partial charge in [-0.25, -0.2) is 8.42 Å². The fourth-order valence-corrected chi connectivity index (χ4v) is 4.96. The largest absolute Gasteiger partial charge is 0.338 e. The number of pyridine rings is 1. The Bertz CT molecular complexity index is 1070. The van der Waals surface area contributed by atoms with Crippen LogP contribution >= 0.6 is 0 Å². The molecule has 2 heterocycles. The predicted octanol–water partition coefficient (Wildman–Crippen LogP) is 2.35. The third-order valence-corrected chi connectivity index (χ3v) is 7.19. The number of aromatic amines is 1. The molecule has 1 saturated heterocycles. The number of piperidine rings is 1. The number of carbonyl (C=O) groups excluding carboxylic acids is 1. The Balaban J connectivity index is 2.11. The van der Waals surface area contributed by atoms with Crippen molar-refractivity contribution in [2.45, 2.75) is 31.6 Å². The van der Waals surface area contributed by atoms with Crippen molar-refractivity contribution < 1.29 is 13.2 Å². The molecule has 0 unspecified atom stereocenters. The summed E-state index contributed by atoms with van der Waals surface area (Å²) >= 11 is 0. The van der Waals surface area contributed by atoms with Gasteiger partial charge >= 0.3 is 0 Å². The first-order valence-corrected chi connectivity index (χ1v) is 10.8. The van der Waals surface area contributed by atoms with Gasteiger partial charge in [-0.3, -0.25) is 9.59 Å². The van der Waals surface area contributed by atoms with Gasteiger partial charge < -0.3 is 9.88 Å². The third kappa shape index (κ3) is 3.74. The highest BCUT2D eigenvalue weighted by atomic mass is 32.2. The monoisotopic (exact) mass is 403 g/mol. The molecule has 1 aromatic carbocycles. The summed E-state index contributed by atoms with van der Waals surface area (Å²) in [4.78, 5) is 29.6. The number of benzene rings is 1. The average molecular weight is 404 g/mol. The van der Waals surface area contributed by atoms with Crippen molar-refractivity contribution in [1.82, 2.24) is 14.2 Å². The van der Waals surface area contributed by atoms with E-state index in [1.165, 1.54) is 22.5 Å². The topological polar surface area (TPSA) is 90.5 Å². The molecule has 0 spiro atoms. The lowest BCUT2D eigenvalue weighted by Crippen LogP contribution is -2.36. The molecule has 0 aliphatic carbocycles. The maximum atomic E-state index is 13.1. The molecule has 0 radical (unpaired) electrons. The molecule has 1 aromatic heterocycles. The number of hydrogen-bond acceptors (Lipinski definition) is 4. The average Bonchev–Trinajstić information content (AvgIpc) is 2.67. The highest BCUT2D eigenvalue weighted by molar-refractivity contribution is 7.89. The maximum absolute atomic E-state index is 13.1. The number of sulfonamides is 1. The second-order valence-electron chi connectivity index (χ2n) is 6.89. The summed E-state index contributed by atoms with van der Waals surface area (Å²) in [5, 5.41) is 0.433. The van der Waals surface area contributed by atoms with E-state index in [0.29, 0.717) is 37.1 Å². The molecule has 1 aliphatic rings. The van der Waals surface area contributed by atoms with Gasteiger partial charge in [-0.15, -0.1) is 0 Å². The minimum atomic E-state index is -3.67. The Labute approximate surface area is 164 Å². The summed E-state index contributed by atoms with van der Waals surface area (Å²) in [5.41, 5.74) is 1.38. The minimum absolute atomic E-state index is 0.108. The van der Waals surface area contributed by atoms with Crippen LogP contribution in [0.2, 0.25) is 0 Å². The van der Waals surface area contributed by atoms with Crippen molar-refractivity contribution in [3.8, 4) is 0 Å². The molecule has 1 N–H and O–H groups in total. The first-order chi connectivity index (χ1) is 13.3. The van der Waals surface area contributed by atoms with Crippen LogP contribution in [0.25, 0.3) is 10.9 Å². The lowest BCUT2D eigenvalue weighted by atomic mass is 10.0. The highest BCUT2D eigenvalue weighted by Crippen LogP contribution is 2.25. The summed E-state index contributed by atoms with van der Waals surface area (Å²) in [6.45, 7) is 9.30. The minimum Gasteiger partial charge on any atom is -0.338 e. The van der Waals surface area contributed by atoms with Gasteiger partial charge in [0.15, 0.2) is 0 Å². The van der Waals surface area contributed by atoms with Crippen LogP contribution in [-0.2, 0) is 10.0 Å². The second kappa shape index (κ2) is 7.89. The molecule has 0 bridgehead atoms. The first kappa shape index (κ1) is 20.3. The summed E-state index contributed by atoms with van der Waals surface area (Å²) in [6, 6.07) is 5.74. The standard InChI is InChI=1S/C20H25N3O4S/c1-4-23(5-2)28(26,27)15-6-7-18-16(12-15)17(13-19(24)21-18)20(25)22-10-8-14(3)9-11-22/h6-7,12-13H,3-5,8-11H2,1-2H3,(H,21,24). The lowest BCUT2D eigenvalue weighted by molar-refractivity contribution is 0.0745. The summed E-state index contributed by atoms with van der Waals surface area (Å²) < 4.78 is 27.1. The molecule has 2 aromatic rings. The molecule has 150 valence electrons. The van der Waals surface area contributed by atoms with Gasteiger partial charge in [0, 0.05) is 43.1 Å². The van der Waals surface area contributed by atoms with Crippen LogP contribution in [0.1, 0.15) is 37.0 Å². The van der Waals surface area contributed by atoms with Crippen LogP contribution in [0.3, 0.4) is 0 Å². The number of aromatic nitrogens is 1. The molecule has 1 amide bonds. The SMILES string of the molecule is C=C1CCN(C(=O)c2cc(=O)[nH]c3ccc(S(=O)(=O)N(CC)CC)cc23)CC1. The summed E-state index contributed by atoms with van der Waals surface area (Å²) in [5.74, 6) is -0.263. The van der Waals surface area contributed by atoms with Crippen molar-refractivity contribution in [3.05, 3.63) is 52.3 Å². The van der Waals surface area contributed by atoms with Crippen LogP contribution in [0.15, 0.2) is 46.1 Å². The maximum Gasteiger partial charge on any atom is 0.254 e. The van der Waals surface area contributed by atoms with Gasteiger partial charge in [-0.1, -0.05) is 26.0 Å². The van der Waals surface area contributed by atoms with Gasteiger partial charge in [0.05, 0.1) is 10.5 Å². The van der Waals surface area contributed by atoms with Gasteiger partial charge in [0.2, 0.25) is 15.6 Å². The van der Waals surface area contributed by atoms with E-state index in [9.17, 15) is 18.0 Å². The Morgan fingerprint density at radius 3 is 2.43 bits per heavy atom. The van der Waals surface area contributed by atoms with E-state index in [-0.39, 0.29) is 16.4 Å². The van der Waals surface area contributed by atoms with Gasteiger partial charge in [-0.05, 0) is 31.0 Å². The number of hydrogen-bond donors (Lipinski definition) is 1. The zero-order valence-corrected chi connectivity index (χ0v) is 17.0. The Morgan fingerprint density at radius 1 is 1.18 bits per heavy atom. The number of likely N-dealkylation sites (tertiary alicyclic amines) is 1. The van der Waals surface area contributed by atoms with Crippen LogP contribution in [0.5, 0.6) is 0 Å². The highest BCUT2D eigenvalue weighted by Gasteiger charge is 2.25. The zero-order chi connectivity index (χ0) is 20.5. The summed E-state index contributed by atoms with van der Waals surface area (Å²) in [6.07, 6.45) is 1.46. The molecule has 3 rings (SSSR count). The number of nitrogens with zero attached hydrogens (tertiary/aromatic N) is 2. The smallest absolute Gasteiger partial charge is 0.254 e. The van der Waals surface area contributed by atoms with Crippen molar-refractivity contribution >= 4 is 26.8 Å².